The highest BCUT2D eigenvalue weighted by Crippen LogP contribution is 2.08. The lowest BCUT2D eigenvalue weighted by molar-refractivity contribution is 0.758. The minimum atomic E-state index is 0.943. The molecular formula is C11H16N4. The second-order valence-electron chi connectivity index (χ2n) is 3.80. The molecule has 1 N–H and O–H groups in total. The van der Waals surface area contributed by atoms with Gasteiger partial charge < -0.3 is 5.32 Å². The van der Waals surface area contributed by atoms with Crippen molar-refractivity contribution in [1.29, 1.82) is 0 Å². The normalized spacial score (nSPS) is 11.1. The van der Waals surface area contributed by atoms with Crippen LogP contribution < -0.4 is 5.32 Å². The molecule has 0 bridgehead atoms. The Bertz CT molecular complexity index is 473. The minimum absolute atomic E-state index is 0.943. The van der Waals surface area contributed by atoms with E-state index in [0.29, 0.717) is 0 Å². The third-order valence-electron chi connectivity index (χ3n) is 2.42. The van der Waals surface area contributed by atoms with E-state index in [1.54, 1.807) is 0 Å². The van der Waals surface area contributed by atoms with Crippen LogP contribution in [0.3, 0.4) is 0 Å². The van der Waals surface area contributed by atoms with E-state index < -0.39 is 0 Å². The second-order valence-corrected chi connectivity index (χ2v) is 3.80. The van der Waals surface area contributed by atoms with Gasteiger partial charge in [0.05, 0.1) is 5.69 Å². The summed E-state index contributed by atoms with van der Waals surface area (Å²) in [4.78, 5) is 4.45. The van der Waals surface area contributed by atoms with Crippen LogP contribution in [0.2, 0.25) is 0 Å². The molecule has 4 heteroatoms. The van der Waals surface area contributed by atoms with Crippen molar-refractivity contribution in [1.82, 2.24) is 19.9 Å². The van der Waals surface area contributed by atoms with E-state index in [1.807, 2.05) is 24.6 Å². The van der Waals surface area contributed by atoms with Gasteiger partial charge in [0.1, 0.15) is 0 Å². The van der Waals surface area contributed by atoms with E-state index in [0.717, 1.165) is 35.7 Å². The Morgan fingerprint density at radius 1 is 1.33 bits per heavy atom. The van der Waals surface area contributed by atoms with Crippen LogP contribution in [0, 0.1) is 13.8 Å². The Kier molecular flexibility index (Phi) is 2.68. The molecular weight excluding hydrogens is 188 g/mol. The van der Waals surface area contributed by atoms with Crippen molar-refractivity contribution in [2.45, 2.75) is 20.3 Å². The average molecular weight is 204 g/mol. The smallest absolute Gasteiger partial charge is 0.155 e. The Hall–Kier alpha value is -1.42. The summed E-state index contributed by atoms with van der Waals surface area (Å²) in [6.07, 6.45) is 0.943. The van der Waals surface area contributed by atoms with Crippen molar-refractivity contribution in [3.8, 4) is 0 Å². The Labute approximate surface area is 89.3 Å². The first-order valence-corrected chi connectivity index (χ1v) is 5.18. The van der Waals surface area contributed by atoms with Gasteiger partial charge in [0.15, 0.2) is 5.65 Å². The fourth-order valence-corrected chi connectivity index (χ4v) is 1.71. The maximum Gasteiger partial charge on any atom is 0.155 e. The first-order chi connectivity index (χ1) is 7.20. The molecule has 2 heterocycles. The highest BCUT2D eigenvalue weighted by molar-refractivity contribution is 5.41. The van der Waals surface area contributed by atoms with Crippen LogP contribution >= 0.6 is 0 Å². The Balaban J connectivity index is 2.41. The summed E-state index contributed by atoms with van der Waals surface area (Å²) in [6.45, 7) is 5.01. The van der Waals surface area contributed by atoms with Gasteiger partial charge in [-0.3, -0.25) is 0 Å². The summed E-state index contributed by atoms with van der Waals surface area (Å²) < 4.78 is 1.90. The van der Waals surface area contributed by atoms with E-state index in [-0.39, 0.29) is 0 Å². The third-order valence-corrected chi connectivity index (χ3v) is 2.42. The van der Waals surface area contributed by atoms with Gasteiger partial charge in [-0.1, -0.05) is 0 Å². The van der Waals surface area contributed by atoms with Gasteiger partial charge in [-0.2, -0.15) is 5.10 Å². The fraction of sp³-hybridized carbons (Fsp3) is 0.455. The molecule has 0 aliphatic carbocycles. The van der Waals surface area contributed by atoms with Gasteiger partial charge in [-0.05, 0) is 27.0 Å². The Morgan fingerprint density at radius 3 is 2.87 bits per heavy atom. The molecule has 0 saturated heterocycles. The van der Waals surface area contributed by atoms with Crippen LogP contribution in [0.15, 0.2) is 12.1 Å². The molecule has 2 aromatic rings. The standard InChI is InChI=1S/C11H16N4/c1-8-6-9(2)15-11(13-8)7-10(14-15)4-5-12-3/h6-7,12H,4-5H2,1-3H3. The molecule has 2 rings (SSSR count). The topological polar surface area (TPSA) is 42.2 Å². The molecule has 15 heavy (non-hydrogen) atoms. The summed E-state index contributed by atoms with van der Waals surface area (Å²) in [5.41, 5.74) is 4.21. The highest BCUT2D eigenvalue weighted by atomic mass is 15.3. The lowest BCUT2D eigenvalue weighted by Gasteiger charge is -1.99. The lowest BCUT2D eigenvalue weighted by Crippen LogP contribution is -2.10. The number of nitrogens with one attached hydrogen (secondary N) is 1. The van der Waals surface area contributed by atoms with E-state index in [2.05, 4.69) is 28.4 Å². The third kappa shape index (κ3) is 1.99. The molecule has 0 aromatic carbocycles. The molecule has 0 atom stereocenters. The summed E-state index contributed by atoms with van der Waals surface area (Å²) in [6, 6.07) is 4.10. The molecule has 0 amide bonds. The van der Waals surface area contributed by atoms with Crippen LogP contribution in [-0.2, 0) is 6.42 Å². The van der Waals surface area contributed by atoms with Crippen molar-refractivity contribution < 1.29 is 0 Å². The van der Waals surface area contributed by atoms with Crippen molar-refractivity contribution in [2.75, 3.05) is 13.6 Å². The van der Waals surface area contributed by atoms with Gasteiger partial charge in [0, 0.05) is 30.4 Å². The maximum absolute atomic E-state index is 4.51. The number of rotatable bonds is 3. The first kappa shape index (κ1) is 10.1. The monoisotopic (exact) mass is 204 g/mol. The average Bonchev–Trinajstić information content (AvgIpc) is 2.57. The molecule has 0 aliphatic heterocycles. The number of hydrogen-bond donors (Lipinski definition) is 1. The number of aromatic nitrogens is 3. The van der Waals surface area contributed by atoms with E-state index in [4.69, 9.17) is 0 Å². The predicted molar refractivity (Wildman–Crippen MR) is 60.1 cm³/mol. The van der Waals surface area contributed by atoms with Crippen LogP contribution in [-0.4, -0.2) is 28.2 Å². The fourth-order valence-electron chi connectivity index (χ4n) is 1.71. The van der Waals surface area contributed by atoms with Crippen molar-refractivity contribution in [3.63, 3.8) is 0 Å². The number of fused-ring (bicyclic) bond motifs is 1. The number of likely N-dealkylation sites (N-methyl/N-ethyl adjacent to an activating group) is 1. The molecule has 0 aliphatic rings. The SMILES string of the molecule is CNCCc1cc2nc(C)cc(C)n2n1. The van der Waals surface area contributed by atoms with Crippen molar-refractivity contribution in [3.05, 3.63) is 29.2 Å². The van der Waals surface area contributed by atoms with E-state index >= 15 is 0 Å². The summed E-state index contributed by atoms with van der Waals surface area (Å²) in [7, 11) is 1.95. The van der Waals surface area contributed by atoms with Gasteiger partial charge >= 0.3 is 0 Å². The summed E-state index contributed by atoms with van der Waals surface area (Å²) >= 11 is 0. The number of aryl methyl sites for hydroxylation is 2. The zero-order chi connectivity index (χ0) is 10.8. The molecule has 4 nitrogen and oxygen atoms in total. The van der Waals surface area contributed by atoms with Crippen LogP contribution in [0.25, 0.3) is 5.65 Å². The highest BCUT2D eigenvalue weighted by Gasteiger charge is 2.04. The molecule has 0 fully saturated rings. The van der Waals surface area contributed by atoms with Gasteiger partial charge in [0.2, 0.25) is 0 Å². The molecule has 2 aromatic heterocycles. The zero-order valence-electron chi connectivity index (χ0n) is 9.41. The van der Waals surface area contributed by atoms with Crippen molar-refractivity contribution in [2.24, 2.45) is 0 Å². The quantitative estimate of drug-likeness (QED) is 0.814. The number of nitrogens with zero attached hydrogens (tertiary/aromatic N) is 3. The minimum Gasteiger partial charge on any atom is -0.319 e. The maximum atomic E-state index is 4.51. The second kappa shape index (κ2) is 3.98. The van der Waals surface area contributed by atoms with Crippen LogP contribution in [0.4, 0.5) is 0 Å². The Morgan fingerprint density at radius 2 is 2.13 bits per heavy atom. The van der Waals surface area contributed by atoms with Gasteiger partial charge in [-0.25, -0.2) is 9.50 Å². The van der Waals surface area contributed by atoms with E-state index in [1.165, 1.54) is 0 Å². The molecule has 0 saturated carbocycles. The molecule has 0 spiro atoms. The zero-order valence-corrected chi connectivity index (χ0v) is 9.41. The summed E-state index contributed by atoms with van der Waals surface area (Å²) in [5, 5.41) is 7.62. The lowest BCUT2D eigenvalue weighted by atomic mass is 10.3. The van der Waals surface area contributed by atoms with Crippen LogP contribution in [0.1, 0.15) is 17.1 Å². The first-order valence-electron chi connectivity index (χ1n) is 5.18. The van der Waals surface area contributed by atoms with Crippen LogP contribution in [0.5, 0.6) is 0 Å². The van der Waals surface area contributed by atoms with Gasteiger partial charge in [-0.15, -0.1) is 0 Å². The summed E-state index contributed by atoms with van der Waals surface area (Å²) in [5.74, 6) is 0. The molecule has 0 radical (unpaired) electrons. The largest absolute Gasteiger partial charge is 0.319 e. The molecule has 80 valence electrons. The predicted octanol–water partition coefficient (Wildman–Crippen LogP) is 1.11. The molecule has 0 unspecified atom stereocenters. The van der Waals surface area contributed by atoms with E-state index in [9.17, 15) is 0 Å². The number of hydrogen-bond acceptors (Lipinski definition) is 3. The van der Waals surface area contributed by atoms with Gasteiger partial charge in [0.25, 0.3) is 0 Å². The van der Waals surface area contributed by atoms with Crippen molar-refractivity contribution >= 4 is 5.65 Å².